The van der Waals surface area contributed by atoms with Crippen molar-refractivity contribution in [1.29, 1.82) is 0 Å². The van der Waals surface area contributed by atoms with Crippen LogP contribution >= 0.6 is 0 Å². The molecule has 28 heavy (non-hydrogen) atoms. The lowest BCUT2D eigenvalue weighted by molar-refractivity contribution is -0.290. The standard InChI is InChI=1S/C22H26N2O4/c1-3-18-6-10-19(11-7-18)21(28-25)16-27-23-22(24-12-14-26-15-13-24)20-8-4-17(2)5-9-20/h3-11,21,25H,1,12-16H2,2H3/b23-22-. The van der Waals surface area contributed by atoms with Crippen molar-refractivity contribution >= 4 is 11.9 Å². The van der Waals surface area contributed by atoms with E-state index in [1.807, 2.05) is 55.5 Å². The van der Waals surface area contributed by atoms with Gasteiger partial charge in [0, 0.05) is 18.7 Å². The van der Waals surface area contributed by atoms with E-state index in [9.17, 15) is 5.26 Å². The van der Waals surface area contributed by atoms with E-state index < -0.39 is 6.10 Å². The summed E-state index contributed by atoms with van der Waals surface area (Å²) in [5.74, 6) is 0.752. The second-order valence-electron chi connectivity index (χ2n) is 6.64. The van der Waals surface area contributed by atoms with Gasteiger partial charge in [-0.3, -0.25) is 5.26 Å². The van der Waals surface area contributed by atoms with E-state index in [2.05, 4.69) is 21.5 Å². The first-order valence-corrected chi connectivity index (χ1v) is 9.33. The van der Waals surface area contributed by atoms with Crippen LogP contribution in [0.4, 0.5) is 0 Å². The van der Waals surface area contributed by atoms with Gasteiger partial charge in [-0.05, 0) is 18.1 Å². The SMILES string of the molecule is C=Cc1ccc(C(CO/N=C(/c2ccc(C)cc2)N2CCOCC2)OO)cc1. The van der Waals surface area contributed by atoms with Crippen LogP contribution in [0.25, 0.3) is 6.08 Å². The van der Waals surface area contributed by atoms with Crippen LogP contribution in [-0.2, 0) is 14.5 Å². The van der Waals surface area contributed by atoms with Crippen LogP contribution in [-0.4, -0.2) is 48.9 Å². The number of oxime groups is 1. The highest BCUT2D eigenvalue weighted by Crippen LogP contribution is 2.19. The molecule has 1 saturated heterocycles. The molecule has 1 aliphatic rings. The summed E-state index contributed by atoms with van der Waals surface area (Å²) in [5.41, 5.74) is 3.95. The lowest BCUT2D eigenvalue weighted by Crippen LogP contribution is -2.41. The fraction of sp³-hybridized carbons (Fsp3) is 0.318. The largest absolute Gasteiger partial charge is 0.391 e. The van der Waals surface area contributed by atoms with Crippen molar-refractivity contribution < 1.29 is 19.7 Å². The fourth-order valence-corrected chi connectivity index (χ4v) is 2.97. The van der Waals surface area contributed by atoms with Gasteiger partial charge in [0.2, 0.25) is 0 Å². The van der Waals surface area contributed by atoms with E-state index in [4.69, 9.17) is 9.57 Å². The zero-order valence-corrected chi connectivity index (χ0v) is 16.1. The second-order valence-corrected chi connectivity index (χ2v) is 6.64. The first-order valence-electron chi connectivity index (χ1n) is 9.33. The molecule has 0 radical (unpaired) electrons. The van der Waals surface area contributed by atoms with E-state index in [1.54, 1.807) is 6.08 Å². The predicted molar refractivity (Wildman–Crippen MR) is 109 cm³/mol. The number of benzene rings is 2. The summed E-state index contributed by atoms with van der Waals surface area (Å²) in [6.45, 7) is 8.68. The number of ether oxygens (including phenoxy) is 1. The summed E-state index contributed by atoms with van der Waals surface area (Å²) < 4.78 is 5.44. The van der Waals surface area contributed by atoms with Crippen molar-refractivity contribution in [2.24, 2.45) is 5.16 Å². The minimum atomic E-state index is -0.633. The van der Waals surface area contributed by atoms with Gasteiger partial charge in [-0.1, -0.05) is 71.9 Å². The van der Waals surface area contributed by atoms with E-state index in [-0.39, 0.29) is 6.61 Å². The molecule has 1 atom stereocenters. The smallest absolute Gasteiger partial charge is 0.175 e. The summed E-state index contributed by atoms with van der Waals surface area (Å²) in [7, 11) is 0. The minimum absolute atomic E-state index is 0.0869. The molecule has 6 nitrogen and oxygen atoms in total. The third kappa shape index (κ3) is 5.19. The third-order valence-corrected chi connectivity index (χ3v) is 4.67. The molecule has 1 fully saturated rings. The Morgan fingerprint density at radius 2 is 1.86 bits per heavy atom. The first-order chi connectivity index (χ1) is 13.7. The van der Waals surface area contributed by atoms with Gasteiger partial charge < -0.3 is 14.5 Å². The number of aryl methyl sites for hydroxylation is 1. The average Bonchev–Trinajstić information content (AvgIpc) is 2.76. The van der Waals surface area contributed by atoms with Crippen molar-refractivity contribution in [3.8, 4) is 0 Å². The monoisotopic (exact) mass is 382 g/mol. The van der Waals surface area contributed by atoms with E-state index in [1.165, 1.54) is 5.56 Å². The van der Waals surface area contributed by atoms with Crippen molar-refractivity contribution in [1.82, 2.24) is 4.90 Å². The Balaban J connectivity index is 1.73. The number of hydrogen-bond donors (Lipinski definition) is 1. The van der Waals surface area contributed by atoms with Gasteiger partial charge in [0.05, 0.1) is 13.2 Å². The van der Waals surface area contributed by atoms with E-state index in [0.29, 0.717) is 13.2 Å². The van der Waals surface area contributed by atoms with Crippen molar-refractivity contribution in [3.05, 3.63) is 77.4 Å². The molecular formula is C22H26N2O4. The predicted octanol–water partition coefficient (Wildman–Crippen LogP) is 3.88. The number of amidine groups is 1. The zero-order chi connectivity index (χ0) is 19.8. The molecule has 1 aliphatic heterocycles. The Bertz CT molecular complexity index is 781. The molecule has 0 aromatic heterocycles. The summed E-state index contributed by atoms with van der Waals surface area (Å²) in [5, 5.41) is 13.7. The van der Waals surface area contributed by atoms with Crippen molar-refractivity contribution in [2.45, 2.75) is 13.0 Å². The van der Waals surface area contributed by atoms with E-state index in [0.717, 1.165) is 35.6 Å². The van der Waals surface area contributed by atoms with Gasteiger partial charge >= 0.3 is 0 Å². The van der Waals surface area contributed by atoms with Gasteiger partial charge in [0.15, 0.2) is 18.5 Å². The molecule has 2 aromatic carbocycles. The maximum atomic E-state index is 9.29. The summed E-state index contributed by atoms with van der Waals surface area (Å²) in [4.78, 5) is 12.3. The quantitative estimate of drug-likeness (QED) is 0.341. The van der Waals surface area contributed by atoms with Crippen molar-refractivity contribution in [2.75, 3.05) is 32.9 Å². The molecule has 0 aliphatic carbocycles. The Morgan fingerprint density at radius 3 is 2.46 bits per heavy atom. The highest BCUT2D eigenvalue weighted by atomic mass is 17.1. The number of morpholine rings is 1. The van der Waals surface area contributed by atoms with Gasteiger partial charge in [-0.2, -0.15) is 0 Å². The molecule has 0 amide bonds. The van der Waals surface area contributed by atoms with Crippen LogP contribution in [0, 0.1) is 6.92 Å². The van der Waals surface area contributed by atoms with Crippen LogP contribution in [0.3, 0.4) is 0 Å². The third-order valence-electron chi connectivity index (χ3n) is 4.67. The Morgan fingerprint density at radius 1 is 1.18 bits per heavy atom. The molecule has 1 unspecified atom stereocenters. The molecule has 3 rings (SSSR count). The molecule has 0 bridgehead atoms. The normalized spacial score (nSPS) is 15.9. The molecular weight excluding hydrogens is 356 g/mol. The molecule has 0 saturated carbocycles. The molecule has 1 N–H and O–H groups in total. The highest BCUT2D eigenvalue weighted by Gasteiger charge is 2.19. The average molecular weight is 382 g/mol. The molecule has 0 spiro atoms. The minimum Gasteiger partial charge on any atom is -0.391 e. The van der Waals surface area contributed by atoms with Crippen LogP contribution < -0.4 is 0 Å². The lowest BCUT2D eigenvalue weighted by Gasteiger charge is -2.29. The number of nitrogens with zero attached hydrogens (tertiary/aromatic N) is 2. The zero-order valence-electron chi connectivity index (χ0n) is 16.1. The van der Waals surface area contributed by atoms with Gasteiger partial charge in [-0.25, -0.2) is 4.89 Å². The van der Waals surface area contributed by atoms with Gasteiger partial charge in [-0.15, -0.1) is 0 Å². The summed E-state index contributed by atoms with van der Waals surface area (Å²) >= 11 is 0. The molecule has 1 heterocycles. The first kappa shape index (κ1) is 20.1. The molecule has 148 valence electrons. The Kier molecular flexibility index (Phi) is 7.19. The van der Waals surface area contributed by atoms with E-state index >= 15 is 0 Å². The van der Waals surface area contributed by atoms with Gasteiger partial charge in [0.1, 0.15) is 0 Å². The van der Waals surface area contributed by atoms with Crippen LogP contribution in [0.15, 0.2) is 60.3 Å². The summed E-state index contributed by atoms with van der Waals surface area (Å²) in [6.07, 6.45) is 1.13. The maximum Gasteiger partial charge on any atom is 0.175 e. The highest BCUT2D eigenvalue weighted by molar-refractivity contribution is 5.98. The number of rotatable bonds is 7. The van der Waals surface area contributed by atoms with Crippen molar-refractivity contribution in [3.63, 3.8) is 0 Å². The number of hydrogen-bond acceptors (Lipinski definition) is 5. The van der Waals surface area contributed by atoms with Gasteiger partial charge in [0.25, 0.3) is 0 Å². The topological polar surface area (TPSA) is 63.5 Å². The Hall–Kier alpha value is -2.67. The van der Waals surface area contributed by atoms with Crippen LogP contribution in [0.5, 0.6) is 0 Å². The Labute approximate surface area is 165 Å². The lowest BCUT2D eigenvalue weighted by atomic mass is 10.1. The molecule has 2 aromatic rings. The van der Waals surface area contributed by atoms with Crippen LogP contribution in [0.2, 0.25) is 0 Å². The summed E-state index contributed by atoms with van der Waals surface area (Å²) in [6, 6.07) is 15.7. The molecule has 6 heteroatoms. The van der Waals surface area contributed by atoms with Crippen LogP contribution in [0.1, 0.15) is 28.4 Å². The second kappa shape index (κ2) is 10.0. The maximum absolute atomic E-state index is 9.29. The fourth-order valence-electron chi connectivity index (χ4n) is 2.97.